The zero-order valence-corrected chi connectivity index (χ0v) is 16.8. The van der Waals surface area contributed by atoms with Gasteiger partial charge in [0, 0.05) is 11.3 Å². The van der Waals surface area contributed by atoms with E-state index in [1.54, 1.807) is 14.0 Å². The summed E-state index contributed by atoms with van der Waals surface area (Å²) in [6.45, 7) is 1.96. The lowest BCUT2D eigenvalue weighted by Gasteiger charge is -2.04. The molecule has 0 bridgehead atoms. The summed E-state index contributed by atoms with van der Waals surface area (Å²) in [4.78, 5) is 17.0. The number of nitrogens with one attached hydrogen (secondary N) is 1. The molecule has 0 aliphatic heterocycles. The number of aryl methyl sites for hydroxylation is 1. The fraction of sp³-hybridized carbons (Fsp3) is 0.143. The van der Waals surface area contributed by atoms with Gasteiger partial charge in [-0.3, -0.25) is 4.79 Å². The average molecular weight is 422 g/mol. The van der Waals surface area contributed by atoms with Crippen molar-refractivity contribution in [3.05, 3.63) is 71.5 Å². The molecule has 1 amide bonds. The number of anilines is 2. The van der Waals surface area contributed by atoms with Crippen molar-refractivity contribution in [3.8, 4) is 17.2 Å². The molecule has 31 heavy (non-hydrogen) atoms. The van der Waals surface area contributed by atoms with E-state index in [0.717, 1.165) is 11.3 Å². The summed E-state index contributed by atoms with van der Waals surface area (Å²) in [6, 6.07) is 12.7. The number of ether oxygens (including phenoxy) is 1. The molecule has 0 saturated carbocycles. The lowest BCUT2D eigenvalue weighted by Crippen LogP contribution is -2.15. The normalized spacial score (nSPS) is 10.8. The first-order chi connectivity index (χ1) is 14.9. The van der Waals surface area contributed by atoms with Crippen LogP contribution >= 0.6 is 0 Å². The van der Waals surface area contributed by atoms with Gasteiger partial charge < -0.3 is 20.2 Å². The minimum atomic E-state index is -0.550. The van der Waals surface area contributed by atoms with E-state index < -0.39 is 11.7 Å². The minimum Gasteiger partial charge on any atom is -0.497 e. The van der Waals surface area contributed by atoms with Crippen molar-refractivity contribution in [2.75, 3.05) is 18.2 Å². The second-order valence-corrected chi connectivity index (χ2v) is 6.69. The molecule has 0 aliphatic carbocycles. The molecule has 9 nitrogen and oxygen atoms in total. The molecule has 0 fully saturated rings. The summed E-state index contributed by atoms with van der Waals surface area (Å²) >= 11 is 0. The molecule has 0 unspecified atom stereocenters. The number of benzene rings is 2. The topological polar surface area (TPSA) is 121 Å². The van der Waals surface area contributed by atoms with Crippen LogP contribution in [0.1, 0.15) is 21.9 Å². The minimum absolute atomic E-state index is 0.0409. The fourth-order valence-electron chi connectivity index (χ4n) is 2.90. The van der Waals surface area contributed by atoms with E-state index in [9.17, 15) is 9.18 Å². The van der Waals surface area contributed by atoms with Gasteiger partial charge in [-0.25, -0.2) is 14.1 Å². The van der Waals surface area contributed by atoms with Crippen LogP contribution in [-0.2, 0) is 6.54 Å². The Kier molecular flexibility index (Phi) is 5.35. The number of hydrogen-bond donors (Lipinski definition) is 2. The Morgan fingerprint density at radius 1 is 1.19 bits per heavy atom. The first kappa shape index (κ1) is 20.1. The van der Waals surface area contributed by atoms with Crippen LogP contribution < -0.4 is 15.8 Å². The number of nitrogens with zero attached hydrogens (tertiary/aromatic N) is 4. The van der Waals surface area contributed by atoms with Gasteiger partial charge in [-0.1, -0.05) is 5.21 Å². The first-order valence-electron chi connectivity index (χ1n) is 9.31. The predicted molar refractivity (Wildman–Crippen MR) is 111 cm³/mol. The number of oxazole rings is 1. The number of aromatic nitrogens is 4. The highest BCUT2D eigenvalue weighted by Gasteiger charge is 2.20. The van der Waals surface area contributed by atoms with Gasteiger partial charge in [0.1, 0.15) is 23.0 Å². The van der Waals surface area contributed by atoms with E-state index in [-0.39, 0.29) is 18.1 Å². The molecule has 0 spiro atoms. The summed E-state index contributed by atoms with van der Waals surface area (Å²) in [7, 11) is 1.60. The molecule has 2 aromatic carbocycles. The van der Waals surface area contributed by atoms with E-state index in [0.29, 0.717) is 23.0 Å². The molecule has 0 aliphatic rings. The third-order valence-corrected chi connectivity index (χ3v) is 4.62. The van der Waals surface area contributed by atoms with Crippen LogP contribution in [0.5, 0.6) is 5.75 Å². The number of rotatable bonds is 6. The Labute approximate surface area is 176 Å². The lowest BCUT2D eigenvalue weighted by molar-refractivity contribution is 0.102. The van der Waals surface area contributed by atoms with Gasteiger partial charge in [-0.2, -0.15) is 0 Å². The van der Waals surface area contributed by atoms with Crippen molar-refractivity contribution in [1.82, 2.24) is 20.0 Å². The lowest BCUT2D eigenvalue weighted by atomic mass is 10.2. The SMILES string of the molecule is COc1ccc(-c2nc(Cn3nnc(C(=O)Nc4ccc(F)cc4)c3N)c(C)o2)cc1. The fourth-order valence-corrected chi connectivity index (χ4v) is 2.90. The van der Waals surface area contributed by atoms with Gasteiger partial charge in [0.2, 0.25) is 5.89 Å². The number of carbonyl (C=O) groups excluding carboxylic acids is 1. The standard InChI is InChI=1S/C21H19FN6O3/c1-12-17(25-21(31-12)13-3-9-16(30-2)10-4-13)11-28-19(23)18(26-27-28)20(29)24-15-7-5-14(22)6-8-15/h3-10H,11,23H2,1-2H3,(H,24,29). The number of carbonyl (C=O) groups is 1. The number of nitrogens with two attached hydrogens (primary N) is 1. The van der Waals surface area contributed by atoms with Gasteiger partial charge >= 0.3 is 0 Å². The van der Waals surface area contributed by atoms with E-state index in [4.69, 9.17) is 14.9 Å². The Morgan fingerprint density at radius 3 is 2.58 bits per heavy atom. The molecule has 3 N–H and O–H groups in total. The van der Waals surface area contributed by atoms with Gasteiger partial charge in [0.15, 0.2) is 11.5 Å². The quantitative estimate of drug-likeness (QED) is 0.489. The van der Waals surface area contributed by atoms with Crippen molar-refractivity contribution in [1.29, 1.82) is 0 Å². The number of methoxy groups -OCH3 is 1. The van der Waals surface area contributed by atoms with Crippen LogP contribution in [0.15, 0.2) is 52.9 Å². The largest absolute Gasteiger partial charge is 0.497 e. The Morgan fingerprint density at radius 2 is 1.90 bits per heavy atom. The average Bonchev–Trinajstić information content (AvgIpc) is 3.32. The van der Waals surface area contributed by atoms with Crippen LogP contribution in [0.2, 0.25) is 0 Å². The monoisotopic (exact) mass is 422 g/mol. The third-order valence-electron chi connectivity index (χ3n) is 4.62. The van der Waals surface area contributed by atoms with E-state index in [1.165, 1.54) is 28.9 Å². The summed E-state index contributed by atoms with van der Waals surface area (Å²) in [5.74, 6) is 0.898. The number of hydrogen-bond acceptors (Lipinski definition) is 7. The van der Waals surface area contributed by atoms with Gasteiger partial charge in [0.05, 0.1) is 13.7 Å². The van der Waals surface area contributed by atoms with Crippen molar-refractivity contribution >= 4 is 17.4 Å². The van der Waals surface area contributed by atoms with Crippen molar-refractivity contribution < 1.29 is 18.3 Å². The predicted octanol–water partition coefficient (Wildman–Crippen LogP) is 3.27. The molecule has 158 valence electrons. The summed E-state index contributed by atoms with van der Waals surface area (Å²) < 4.78 is 25.3. The van der Waals surface area contributed by atoms with Crippen molar-refractivity contribution in [3.63, 3.8) is 0 Å². The molecule has 2 aromatic heterocycles. The molecular formula is C21H19FN6O3. The summed E-state index contributed by atoms with van der Waals surface area (Å²) in [6.07, 6.45) is 0. The second-order valence-electron chi connectivity index (χ2n) is 6.69. The molecule has 0 atom stereocenters. The number of halogens is 1. The highest BCUT2D eigenvalue weighted by Crippen LogP contribution is 2.25. The van der Waals surface area contributed by atoms with E-state index in [1.807, 2.05) is 24.3 Å². The molecule has 0 radical (unpaired) electrons. The van der Waals surface area contributed by atoms with Gasteiger partial charge in [0.25, 0.3) is 5.91 Å². The highest BCUT2D eigenvalue weighted by molar-refractivity contribution is 6.05. The van der Waals surface area contributed by atoms with Crippen molar-refractivity contribution in [2.24, 2.45) is 0 Å². The van der Waals surface area contributed by atoms with Crippen LogP contribution in [0, 0.1) is 12.7 Å². The molecule has 10 heteroatoms. The molecule has 0 saturated heterocycles. The van der Waals surface area contributed by atoms with Crippen LogP contribution in [0.25, 0.3) is 11.5 Å². The maximum atomic E-state index is 13.0. The Balaban J connectivity index is 1.51. The third kappa shape index (κ3) is 4.22. The smallest absolute Gasteiger partial charge is 0.280 e. The van der Waals surface area contributed by atoms with E-state index >= 15 is 0 Å². The zero-order chi connectivity index (χ0) is 22.0. The van der Waals surface area contributed by atoms with Crippen LogP contribution in [0.4, 0.5) is 15.9 Å². The molecule has 2 heterocycles. The van der Waals surface area contributed by atoms with Crippen molar-refractivity contribution in [2.45, 2.75) is 13.5 Å². The molecule has 4 rings (SSSR count). The molecule has 4 aromatic rings. The van der Waals surface area contributed by atoms with Gasteiger partial charge in [-0.15, -0.1) is 5.10 Å². The number of amides is 1. The zero-order valence-electron chi connectivity index (χ0n) is 16.8. The molecular weight excluding hydrogens is 403 g/mol. The second kappa shape index (κ2) is 8.27. The first-order valence-corrected chi connectivity index (χ1v) is 9.31. The van der Waals surface area contributed by atoms with Crippen LogP contribution in [0.3, 0.4) is 0 Å². The van der Waals surface area contributed by atoms with Crippen LogP contribution in [-0.4, -0.2) is 33.0 Å². The Bertz CT molecular complexity index is 1220. The highest BCUT2D eigenvalue weighted by atomic mass is 19.1. The maximum Gasteiger partial charge on any atom is 0.280 e. The maximum absolute atomic E-state index is 13.0. The summed E-state index contributed by atoms with van der Waals surface area (Å²) in [5.41, 5.74) is 7.84. The van der Waals surface area contributed by atoms with Gasteiger partial charge in [-0.05, 0) is 55.5 Å². The Hall–Kier alpha value is -4.21. The van der Waals surface area contributed by atoms with E-state index in [2.05, 4.69) is 20.6 Å². The summed E-state index contributed by atoms with van der Waals surface area (Å²) in [5, 5.41) is 10.4. The number of nitrogen functional groups attached to an aromatic ring is 1.